The number of nitrogens with one attached hydrogen (secondary N) is 1. The molecule has 0 aliphatic carbocycles. The van der Waals surface area contributed by atoms with E-state index in [1.54, 1.807) is 25.4 Å². The fourth-order valence-electron chi connectivity index (χ4n) is 3.47. The number of methoxy groups -OCH3 is 1. The average molecular weight is 467 g/mol. The van der Waals surface area contributed by atoms with Gasteiger partial charge in [-0.25, -0.2) is 8.78 Å². The molecule has 0 bridgehead atoms. The number of fused-ring (bicyclic) bond motifs is 2. The Morgan fingerprint density at radius 1 is 1.12 bits per heavy atom. The second-order valence-electron chi connectivity index (χ2n) is 7.07. The molecular formula is C22H15F2N5O3S. The van der Waals surface area contributed by atoms with E-state index in [9.17, 15) is 18.4 Å². The number of carbonyl (C=O) groups is 1. The number of Topliss-reactive ketones (excluding diaryl/α,β-unsaturated/α-hetero) is 1. The van der Waals surface area contributed by atoms with E-state index in [1.165, 1.54) is 22.9 Å². The SMILES string of the molecule is COc1ccc2[nH]cc(C(=O)CSc3nnc4c(=O)n(-c5ccc(F)c(F)c5)ccn34)c2c1. The third kappa shape index (κ3) is 3.65. The van der Waals surface area contributed by atoms with Crippen molar-refractivity contribution in [3.63, 3.8) is 0 Å². The van der Waals surface area contributed by atoms with E-state index >= 15 is 0 Å². The van der Waals surface area contributed by atoms with Gasteiger partial charge in [-0.2, -0.15) is 0 Å². The standard InChI is InChI=1S/C22H15F2N5O3S/c1-32-13-3-5-18-14(9-13)15(10-25-18)19(30)11-33-22-27-26-20-21(31)28(6-7-29(20)22)12-2-4-16(23)17(24)8-12/h2-10,25H,11H2,1H3. The van der Waals surface area contributed by atoms with Gasteiger partial charge in [0.25, 0.3) is 0 Å². The lowest BCUT2D eigenvalue weighted by atomic mass is 10.1. The van der Waals surface area contributed by atoms with Crippen LogP contribution in [0, 0.1) is 11.6 Å². The smallest absolute Gasteiger partial charge is 0.300 e. The maximum Gasteiger partial charge on any atom is 0.300 e. The second-order valence-corrected chi connectivity index (χ2v) is 8.02. The lowest BCUT2D eigenvalue weighted by Gasteiger charge is -2.07. The van der Waals surface area contributed by atoms with E-state index < -0.39 is 17.2 Å². The normalized spacial score (nSPS) is 11.4. The van der Waals surface area contributed by atoms with Gasteiger partial charge in [0, 0.05) is 41.1 Å². The molecule has 0 aliphatic rings. The number of halogens is 2. The van der Waals surface area contributed by atoms with Gasteiger partial charge in [0.05, 0.1) is 18.6 Å². The Morgan fingerprint density at radius 3 is 2.76 bits per heavy atom. The molecule has 0 unspecified atom stereocenters. The summed E-state index contributed by atoms with van der Waals surface area (Å²) in [5.41, 5.74) is 0.927. The molecule has 1 N–H and O–H groups in total. The molecule has 33 heavy (non-hydrogen) atoms. The molecule has 0 spiro atoms. The molecule has 2 aromatic carbocycles. The second kappa shape index (κ2) is 8.17. The number of hydrogen-bond acceptors (Lipinski definition) is 6. The Morgan fingerprint density at radius 2 is 1.97 bits per heavy atom. The average Bonchev–Trinajstić information content (AvgIpc) is 3.44. The first-order valence-electron chi connectivity index (χ1n) is 9.69. The van der Waals surface area contributed by atoms with E-state index in [2.05, 4.69) is 15.2 Å². The van der Waals surface area contributed by atoms with Gasteiger partial charge in [-0.15, -0.1) is 10.2 Å². The molecule has 8 nitrogen and oxygen atoms in total. The Hall–Kier alpha value is -3.99. The summed E-state index contributed by atoms with van der Waals surface area (Å²) in [6.45, 7) is 0. The van der Waals surface area contributed by atoms with E-state index in [-0.39, 0.29) is 22.9 Å². The number of nitrogens with zero attached hydrogens (tertiary/aromatic N) is 4. The van der Waals surface area contributed by atoms with Crippen LogP contribution in [-0.4, -0.2) is 42.8 Å². The zero-order chi connectivity index (χ0) is 23.1. The number of aromatic amines is 1. The summed E-state index contributed by atoms with van der Waals surface area (Å²) in [4.78, 5) is 28.7. The zero-order valence-electron chi connectivity index (χ0n) is 17.1. The molecule has 11 heteroatoms. The minimum atomic E-state index is -1.06. The molecule has 3 aromatic heterocycles. The van der Waals surface area contributed by atoms with Crippen LogP contribution in [0.15, 0.2) is 64.9 Å². The van der Waals surface area contributed by atoms with Crippen molar-refractivity contribution in [2.45, 2.75) is 5.16 Å². The van der Waals surface area contributed by atoms with Crippen molar-refractivity contribution >= 4 is 34.1 Å². The first-order chi connectivity index (χ1) is 16.0. The topological polar surface area (TPSA) is 94.3 Å². The van der Waals surface area contributed by atoms with Crippen LogP contribution in [0.2, 0.25) is 0 Å². The van der Waals surface area contributed by atoms with Crippen LogP contribution in [0.25, 0.3) is 22.2 Å². The molecule has 0 atom stereocenters. The Balaban J connectivity index is 1.41. The molecule has 0 saturated heterocycles. The van der Waals surface area contributed by atoms with Crippen molar-refractivity contribution in [3.8, 4) is 11.4 Å². The van der Waals surface area contributed by atoms with Crippen LogP contribution in [0.1, 0.15) is 10.4 Å². The fourth-order valence-corrected chi connectivity index (χ4v) is 4.27. The van der Waals surface area contributed by atoms with Crippen LogP contribution in [0.4, 0.5) is 8.78 Å². The van der Waals surface area contributed by atoms with Gasteiger partial charge in [0.1, 0.15) is 5.75 Å². The number of ketones is 1. The highest BCUT2D eigenvalue weighted by Crippen LogP contribution is 2.26. The molecule has 5 rings (SSSR count). The highest BCUT2D eigenvalue weighted by Gasteiger charge is 2.17. The van der Waals surface area contributed by atoms with Gasteiger partial charge < -0.3 is 9.72 Å². The number of benzene rings is 2. The number of rotatable bonds is 6. The predicted molar refractivity (Wildman–Crippen MR) is 118 cm³/mol. The van der Waals surface area contributed by atoms with Gasteiger partial charge in [-0.1, -0.05) is 11.8 Å². The van der Waals surface area contributed by atoms with Crippen LogP contribution >= 0.6 is 11.8 Å². The summed E-state index contributed by atoms with van der Waals surface area (Å²) in [6.07, 6.45) is 4.58. The molecule has 0 saturated carbocycles. The summed E-state index contributed by atoms with van der Waals surface area (Å²) < 4.78 is 34.6. The van der Waals surface area contributed by atoms with Crippen molar-refractivity contribution < 1.29 is 18.3 Å². The summed E-state index contributed by atoms with van der Waals surface area (Å²) in [7, 11) is 1.56. The number of hydrogen-bond donors (Lipinski definition) is 1. The van der Waals surface area contributed by atoms with Gasteiger partial charge >= 0.3 is 5.56 Å². The van der Waals surface area contributed by atoms with E-state index in [0.717, 1.165) is 39.4 Å². The number of aromatic nitrogens is 5. The number of H-pyrrole nitrogens is 1. The largest absolute Gasteiger partial charge is 0.497 e. The molecule has 0 aliphatic heterocycles. The Kier molecular flexibility index (Phi) is 5.17. The highest BCUT2D eigenvalue weighted by molar-refractivity contribution is 7.99. The maximum atomic E-state index is 13.6. The van der Waals surface area contributed by atoms with Crippen molar-refractivity contribution in [3.05, 3.63) is 82.5 Å². The summed E-state index contributed by atoms with van der Waals surface area (Å²) >= 11 is 1.13. The van der Waals surface area contributed by atoms with Crippen LogP contribution in [0.5, 0.6) is 5.75 Å². The molecule has 3 heterocycles. The minimum absolute atomic E-state index is 0.00554. The highest BCUT2D eigenvalue weighted by atomic mass is 32.2. The third-order valence-electron chi connectivity index (χ3n) is 5.14. The van der Waals surface area contributed by atoms with Gasteiger partial charge in [-0.05, 0) is 30.3 Å². The molecule has 0 amide bonds. The Labute approximate surface area is 188 Å². The molecule has 0 radical (unpaired) electrons. The van der Waals surface area contributed by atoms with Crippen LogP contribution < -0.4 is 10.3 Å². The minimum Gasteiger partial charge on any atom is -0.497 e. The number of ether oxygens (including phenoxy) is 1. The van der Waals surface area contributed by atoms with E-state index in [4.69, 9.17) is 4.74 Å². The number of thioether (sulfide) groups is 1. The van der Waals surface area contributed by atoms with Crippen molar-refractivity contribution in [1.82, 2.24) is 24.1 Å². The van der Waals surface area contributed by atoms with Crippen LogP contribution in [-0.2, 0) is 0 Å². The summed E-state index contributed by atoms with van der Waals surface area (Å²) in [6, 6.07) is 8.58. The van der Waals surface area contributed by atoms with E-state index in [0.29, 0.717) is 16.5 Å². The molecular weight excluding hydrogens is 452 g/mol. The first-order valence-corrected chi connectivity index (χ1v) is 10.7. The van der Waals surface area contributed by atoms with Crippen molar-refractivity contribution in [1.29, 1.82) is 0 Å². The third-order valence-corrected chi connectivity index (χ3v) is 6.09. The van der Waals surface area contributed by atoms with Crippen molar-refractivity contribution in [2.24, 2.45) is 0 Å². The van der Waals surface area contributed by atoms with Gasteiger partial charge in [0.2, 0.25) is 5.65 Å². The zero-order valence-corrected chi connectivity index (χ0v) is 17.9. The van der Waals surface area contributed by atoms with Gasteiger partial charge in [-0.3, -0.25) is 18.6 Å². The summed E-state index contributed by atoms with van der Waals surface area (Å²) in [5, 5.41) is 9.03. The van der Waals surface area contributed by atoms with Crippen molar-refractivity contribution in [2.75, 3.05) is 12.9 Å². The molecule has 0 fully saturated rings. The monoisotopic (exact) mass is 467 g/mol. The van der Waals surface area contributed by atoms with Gasteiger partial charge in [0.15, 0.2) is 22.6 Å². The summed E-state index contributed by atoms with van der Waals surface area (Å²) in [5.74, 6) is -1.49. The van der Waals surface area contributed by atoms with Crippen LogP contribution in [0.3, 0.4) is 0 Å². The molecule has 166 valence electrons. The maximum absolute atomic E-state index is 13.6. The predicted octanol–water partition coefficient (Wildman–Crippen LogP) is 3.62. The van der Waals surface area contributed by atoms with E-state index in [1.807, 2.05) is 6.07 Å². The number of carbonyl (C=O) groups excluding carboxylic acids is 1. The lowest BCUT2D eigenvalue weighted by molar-refractivity contribution is 0.102. The molecule has 5 aromatic rings. The lowest BCUT2D eigenvalue weighted by Crippen LogP contribution is -2.20. The first kappa shape index (κ1) is 20.9. The fraction of sp³-hybridized carbons (Fsp3) is 0.0909. The quantitative estimate of drug-likeness (QED) is 0.303. The Bertz CT molecular complexity index is 1590.